The average Bonchev–Trinajstić information content (AvgIpc) is 2.96. The highest BCUT2D eigenvalue weighted by Crippen LogP contribution is 2.32. The Balaban J connectivity index is 2.11. The van der Waals surface area contributed by atoms with Crippen molar-refractivity contribution in [2.75, 3.05) is 11.4 Å². The van der Waals surface area contributed by atoms with Crippen LogP contribution in [-0.2, 0) is 13.5 Å². The van der Waals surface area contributed by atoms with Crippen LogP contribution in [0.2, 0.25) is 0 Å². The number of nitriles is 1. The Morgan fingerprint density at radius 1 is 1.38 bits per heavy atom. The minimum Gasteiger partial charge on any atom is -0.361 e. The van der Waals surface area contributed by atoms with Crippen molar-refractivity contribution in [3.8, 4) is 6.07 Å². The maximum absolute atomic E-state index is 9.13. The van der Waals surface area contributed by atoms with Crippen LogP contribution in [-0.4, -0.2) is 21.6 Å². The SMILES string of the molecule is CCc1ccccc1N(CCC#N)C1(C)C=c2c(ncn2C)=CC1. The van der Waals surface area contributed by atoms with Crippen LogP contribution in [0.3, 0.4) is 0 Å². The molecular formula is C20H24N4. The van der Waals surface area contributed by atoms with Crippen molar-refractivity contribution in [3.63, 3.8) is 0 Å². The van der Waals surface area contributed by atoms with E-state index in [4.69, 9.17) is 5.26 Å². The molecule has 0 radical (unpaired) electrons. The molecule has 0 saturated heterocycles. The zero-order valence-electron chi connectivity index (χ0n) is 14.7. The van der Waals surface area contributed by atoms with Gasteiger partial charge in [-0.2, -0.15) is 5.26 Å². The lowest BCUT2D eigenvalue weighted by Gasteiger charge is -2.42. The summed E-state index contributed by atoms with van der Waals surface area (Å²) in [6.45, 7) is 5.16. The Labute approximate surface area is 143 Å². The molecule has 124 valence electrons. The second-order valence-electron chi connectivity index (χ2n) is 6.58. The van der Waals surface area contributed by atoms with Gasteiger partial charge in [-0.1, -0.05) is 31.2 Å². The molecule has 0 amide bonds. The lowest BCUT2D eigenvalue weighted by Crippen LogP contribution is -2.51. The summed E-state index contributed by atoms with van der Waals surface area (Å²) in [5.74, 6) is 0. The van der Waals surface area contributed by atoms with E-state index in [1.807, 2.05) is 13.4 Å². The van der Waals surface area contributed by atoms with Crippen LogP contribution in [0.25, 0.3) is 12.2 Å². The third-order valence-electron chi connectivity index (χ3n) is 4.90. The number of aryl methyl sites for hydroxylation is 2. The first-order valence-corrected chi connectivity index (χ1v) is 8.52. The third-order valence-corrected chi connectivity index (χ3v) is 4.90. The Morgan fingerprint density at radius 2 is 2.17 bits per heavy atom. The van der Waals surface area contributed by atoms with Gasteiger partial charge in [-0.15, -0.1) is 0 Å². The maximum Gasteiger partial charge on any atom is 0.0955 e. The zero-order valence-corrected chi connectivity index (χ0v) is 14.7. The number of benzene rings is 1. The van der Waals surface area contributed by atoms with Crippen LogP contribution < -0.4 is 15.6 Å². The molecule has 1 aromatic carbocycles. The Kier molecular flexibility index (Phi) is 4.44. The van der Waals surface area contributed by atoms with Gasteiger partial charge in [-0.25, -0.2) is 4.98 Å². The van der Waals surface area contributed by atoms with Gasteiger partial charge in [0.05, 0.1) is 35.1 Å². The van der Waals surface area contributed by atoms with Gasteiger partial charge in [0.15, 0.2) is 0 Å². The second-order valence-corrected chi connectivity index (χ2v) is 6.58. The molecule has 0 spiro atoms. The lowest BCUT2D eigenvalue weighted by molar-refractivity contribution is 0.550. The van der Waals surface area contributed by atoms with Crippen LogP contribution in [0, 0.1) is 11.3 Å². The molecule has 4 heteroatoms. The number of imidazole rings is 1. The smallest absolute Gasteiger partial charge is 0.0955 e. The summed E-state index contributed by atoms with van der Waals surface area (Å²) >= 11 is 0. The predicted octanol–water partition coefficient (Wildman–Crippen LogP) is 2.13. The van der Waals surface area contributed by atoms with Crippen molar-refractivity contribution >= 4 is 17.8 Å². The molecule has 1 unspecified atom stereocenters. The fourth-order valence-corrected chi connectivity index (χ4v) is 3.52. The van der Waals surface area contributed by atoms with Gasteiger partial charge in [0.25, 0.3) is 0 Å². The molecule has 1 aliphatic rings. The molecule has 1 aromatic heterocycles. The Bertz CT molecular complexity index is 887. The van der Waals surface area contributed by atoms with E-state index in [0.717, 1.165) is 30.1 Å². The highest BCUT2D eigenvalue weighted by Gasteiger charge is 2.31. The Morgan fingerprint density at radius 3 is 2.92 bits per heavy atom. The molecule has 3 rings (SSSR count). The average molecular weight is 320 g/mol. The highest BCUT2D eigenvalue weighted by atomic mass is 15.2. The molecule has 0 fully saturated rings. The van der Waals surface area contributed by atoms with Crippen LogP contribution in [0.15, 0.2) is 30.6 Å². The van der Waals surface area contributed by atoms with Crippen molar-refractivity contribution in [2.45, 2.75) is 38.6 Å². The summed E-state index contributed by atoms with van der Waals surface area (Å²) in [5, 5.41) is 11.3. The minimum atomic E-state index is -0.164. The first kappa shape index (κ1) is 16.3. The fourth-order valence-electron chi connectivity index (χ4n) is 3.52. The number of fused-ring (bicyclic) bond motifs is 1. The lowest BCUT2D eigenvalue weighted by atomic mass is 9.89. The number of hydrogen-bond donors (Lipinski definition) is 0. The first-order valence-electron chi connectivity index (χ1n) is 8.52. The summed E-state index contributed by atoms with van der Waals surface area (Å²) in [4.78, 5) is 6.85. The number of anilines is 1. The molecule has 1 heterocycles. The standard InChI is InChI=1S/C20H24N4/c1-4-16-8-5-6-9-18(16)24(13-7-12-21)20(2)11-10-17-19(14-20)23(3)15-22-17/h5-6,8-10,14-15H,4,7,11,13H2,1-3H3. The van der Waals surface area contributed by atoms with Gasteiger partial charge in [-0.3, -0.25) is 0 Å². The van der Waals surface area contributed by atoms with Crippen molar-refractivity contribution in [3.05, 3.63) is 46.9 Å². The van der Waals surface area contributed by atoms with E-state index >= 15 is 0 Å². The number of nitrogens with zero attached hydrogens (tertiary/aromatic N) is 4. The highest BCUT2D eigenvalue weighted by molar-refractivity contribution is 5.62. The quantitative estimate of drug-likeness (QED) is 0.848. The monoisotopic (exact) mass is 320 g/mol. The number of aromatic nitrogens is 2. The van der Waals surface area contributed by atoms with Crippen LogP contribution in [0.5, 0.6) is 0 Å². The Hall–Kier alpha value is -2.54. The largest absolute Gasteiger partial charge is 0.361 e. The summed E-state index contributed by atoms with van der Waals surface area (Å²) in [6.07, 6.45) is 8.77. The van der Waals surface area contributed by atoms with E-state index in [-0.39, 0.29) is 5.54 Å². The van der Waals surface area contributed by atoms with E-state index in [1.54, 1.807) is 0 Å². The molecule has 0 bridgehead atoms. The maximum atomic E-state index is 9.13. The van der Waals surface area contributed by atoms with Crippen molar-refractivity contribution in [1.29, 1.82) is 5.26 Å². The molecule has 0 aliphatic heterocycles. The summed E-state index contributed by atoms with van der Waals surface area (Å²) in [7, 11) is 2.03. The van der Waals surface area contributed by atoms with Crippen molar-refractivity contribution < 1.29 is 0 Å². The molecular weight excluding hydrogens is 296 g/mol. The topological polar surface area (TPSA) is 44.9 Å². The van der Waals surface area contributed by atoms with Gasteiger partial charge < -0.3 is 9.47 Å². The van der Waals surface area contributed by atoms with Gasteiger partial charge in [0, 0.05) is 19.3 Å². The number of para-hydroxylation sites is 1. The van der Waals surface area contributed by atoms with E-state index in [1.165, 1.54) is 11.3 Å². The molecule has 0 saturated carbocycles. The van der Waals surface area contributed by atoms with Crippen LogP contribution in [0.4, 0.5) is 5.69 Å². The minimum absolute atomic E-state index is 0.164. The van der Waals surface area contributed by atoms with Gasteiger partial charge in [-0.05, 0) is 37.5 Å². The van der Waals surface area contributed by atoms with E-state index in [2.05, 4.69) is 70.8 Å². The molecule has 2 aromatic rings. The number of hydrogen-bond acceptors (Lipinski definition) is 3. The van der Waals surface area contributed by atoms with Crippen LogP contribution in [0.1, 0.15) is 32.3 Å². The third kappa shape index (κ3) is 2.82. The zero-order chi connectivity index (χ0) is 17.2. The predicted molar refractivity (Wildman–Crippen MR) is 97.8 cm³/mol. The summed E-state index contributed by atoms with van der Waals surface area (Å²) in [5.41, 5.74) is 2.39. The van der Waals surface area contributed by atoms with Gasteiger partial charge in [0.1, 0.15) is 0 Å². The van der Waals surface area contributed by atoms with E-state index < -0.39 is 0 Å². The molecule has 1 atom stereocenters. The molecule has 0 N–H and O–H groups in total. The van der Waals surface area contributed by atoms with Gasteiger partial charge in [0.2, 0.25) is 0 Å². The summed E-state index contributed by atoms with van der Waals surface area (Å²) in [6, 6.07) is 10.8. The first-order chi connectivity index (χ1) is 11.6. The molecule has 24 heavy (non-hydrogen) atoms. The van der Waals surface area contributed by atoms with Crippen LogP contribution >= 0.6 is 0 Å². The number of rotatable bonds is 5. The fraction of sp³-hybridized carbons (Fsp3) is 0.400. The molecule has 1 aliphatic carbocycles. The molecule has 4 nitrogen and oxygen atoms in total. The van der Waals surface area contributed by atoms with E-state index in [9.17, 15) is 0 Å². The normalized spacial score (nSPS) is 18.9. The summed E-state index contributed by atoms with van der Waals surface area (Å²) < 4.78 is 2.07. The van der Waals surface area contributed by atoms with Crippen molar-refractivity contribution in [2.24, 2.45) is 7.05 Å². The second kappa shape index (κ2) is 6.52. The van der Waals surface area contributed by atoms with Gasteiger partial charge >= 0.3 is 0 Å². The van der Waals surface area contributed by atoms with E-state index in [0.29, 0.717) is 6.42 Å². The van der Waals surface area contributed by atoms with Crippen molar-refractivity contribution in [1.82, 2.24) is 9.55 Å².